The first-order valence-electron chi connectivity index (χ1n) is 6.95. The lowest BCUT2D eigenvalue weighted by Gasteiger charge is -2.35. The molecule has 1 rings (SSSR count). The van der Waals surface area contributed by atoms with Crippen molar-refractivity contribution in [2.75, 3.05) is 46.4 Å². The Kier molecular flexibility index (Phi) is 12.9. The van der Waals surface area contributed by atoms with Crippen molar-refractivity contribution in [3.63, 3.8) is 0 Å². The molecule has 0 aromatic heterocycles. The number of likely N-dealkylation sites (N-methyl/N-ethyl adjacent to an activating group) is 1. The molecule has 0 aromatic carbocycles. The van der Waals surface area contributed by atoms with Gasteiger partial charge < -0.3 is 20.3 Å². The standard InChI is InChI=1S/C13H27N3O2.2ClH/c1-4-16(5-2)11-10-15-12(17)13(18-3)6-8-14-9-7-13;;/h14H,4-11H2,1-3H3,(H,15,17);2*1H. The van der Waals surface area contributed by atoms with E-state index < -0.39 is 5.60 Å². The maximum atomic E-state index is 12.2. The lowest BCUT2D eigenvalue weighted by atomic mass is 9.91. The summed E-state index contributed by atoms with van der Waals surface area (Å²) in [6.07, 6.45) is 1.50. The fourth-order valence-corrected chi connectivity index (χ4v) is 2.38. The molecule has 0 aliphatic carbocycles. The topological polar surface area (TPSA) is 53.6 Å². The maximum absolute atomic E-state index is 12.2. The van der Waals surface area contributed by atoms with Gasteiger partial charge in [0.1, 0.15) is 5.60 Å². The highest BCUT2D eigenvalue weighted by Crippen LogP contribution is 2.22. The molecule has 0 spiro atoms. The van der Waals surface area contributed by atoms with Crippen LogP contribution in [0.3, 0.4) is 0 Å². The second kappa shape index (κ2) is 11.6. The highest BCUT2D eigenvalue weighted by atomic mass is 35.5. The van der Waals surface area contributed by atoms with Crippen LogP contribution in [-0.4, -0.2) is 62.8 Å². The van der Waals surface area contributed by atoms with Crippen molar-refractivity contribution >= 4 is 30.7 Å². The number of carbonyl (C=O) groups is 1. The number of ether oxygens (including phenoxy) is 1. The smallest absolute Gasteiger partial charge is 0.252 e. The summed E-state index contributed by atoms with van der Waals surface area (Å²) in [5.74, 6) is 0.0404. The van der Waals surface area contributed by atoms with Crippen LogP contribution in [0.1, 0.15) is 26.7 Å². The normalized spacial score (nSPS) is 17.0. The third kappa shape index (κ3) is 6.14. The molecule has 122 valence electrons. The van der Waals surface area contributed by atoms with Crippen molar-refractivity contribution in [2.45, 2.75) is 32.3 Å². The monoisotopic (exact) mass is 329 g/mol. The molecule has 1 aliphatic heterocycles. The summed E-state index contributed by atoms with van der Waals surface area (Å²) >= 11 is 0. The van der Waals surface area contributed by atoms with Gasteiger partial charge in [-0.25, -0.2) is 0 Å². The minimum atomic E-state index is -0.617. The molecule has 1 aliphatic rings. The average Bonchev–Trinajstić information content (AvgIpc) is 2.44. The van der Waals surface area contributed by atoms with Crippen LogP contribution in [0.5, 0.6) is 0 Å². The van der Waals surface area contributed by atoms with Gasteiger partial charge in [-0.3, -0.25) is 4.79 Å². The van der Waals surface area contributed by atoms with Crippen LogP contribution in [0.2, 0.25) is 0 Å². The van der Waals surface area contributed by atoms with E-state index in [4.69, 9.17) is 4.74 Å². The largest absolute Gasteiger partial charge is 0.368 e. The molecule has 7 heteroatoms. The quantitative estimate of drug-likeness (QED) is 0.733. The van der Waals surface area contributed by atoms with Gasteiger partial charge in [-0.05, 0) is 39.0 Å². The van der Waals surface area contributed by atoms with E-state index in [1.165, 1.54) is 0 Å². The number of hydrogen-bond acceptors (Lipinski definition) is 4. The molecule has 1 amide bonds. The maximum Gasteiger partial charge on any atom is 0.252 e. The second-order valence-corrected chi connectivity index (χ2v) is 4.73. The highest BCUT2D eigenvalue weighted by molar-refractivity contribution is 5.86. The number of nitrogens with zero attached hydrogens (tertiary/aromatic N) is 1. The number of carbonyl (C=O) groups excluding carboxylic acids is 1. The van der Waals surface area contributed by atoms with Gasteiger partial charge in [0.25, 0.3) is 5.91 Å². The molecule has 0 bridgehead atoms. The lowest BCUT2D eigenvalue weighted by molar-refractivity contribution is -0.146. The van der Waals surface area contributed by atoms with Crippen LogP contribution < -0.4 is 10.6 Å². The Hall–Kier alpha value is -0.0700. The Morgan fingerprint density at radius 3 is 2.25 bits per heavy atom. The van der Waals surface area contributed by atoms with E-state index in [1.54, 1.807) is 7.11 Å². The number of nitrogens with one attached hydrogen (secondary N) is 2. The van der Waals surface area contributed by atoms with Gasteiger partial charge in [0.2, 0.25) is 0 Å². The van der Waals surface area contributed by atoms with Gasteiger partial charge >= 0.3 is 0 Å². The predicted octanol–water partition coefficient (Wildman–Crippen LogP) is 1.06. The van der Waals surface area contributed by atoms with Gasteiger partial charge in [-0.1, -0.05) is 13.8 Å². The summed E-state index contributed by atoms with van der Waals surface area (Å²) in [7, 11) is 1.63. The van der Waals surface area contributed by atoms with Crippen molar-refractivity contribution in [1.82, 2.24) is 15.5 Å². The molecule has 1 heterocycles. The van der Waals surface area contributed by atoms with Crippen molar-refractivity contribution in [2.24, 2.45) is 0 Å². The highest BCUT2D eigenvalue weighted by Gasteiger charge is 2.39. The molecule has 0 unspecified atom stereocenters. The van der Waals surface area contributed by atoms with Gasteiger partial charge in [0.15, 0.2) is 0 Å². The van der Waals surface area contributed by atoms with Crippen LogP contribution in [-0.2, 0) is 9.53 Å². The number of hydrogen-bond donors (Lipinski definition) is 2. The van der Waals surface area contributed by atoms with Gasteiger partial charge in [0, 0.05) is 20.2 Å². The molecule has 0 radical (unpaired) electrons. The Balaban J connectivity index is 0. The van der Waals surface area contributed by atoms with E-state index >= 15 is 0 Å². The summed E-state index contributed by atoms with van der Waals surface area (Å²) < 4.78 is 5.49. The molecule has 0 atom stereocenters. The van der Waals surface area contributed by atoms with Crippen LogP contribution in [0.4, 0.5) is 0 Å². The molecule has 1 saturated heterocycles. The SMILES string of the molecule is CCN(CC)CCNC(=O)C1(OC)CCNCC1.Cl.Cl. The zero-order valence-electron chi connectivity index (χ0n) is 12.7. The Labute approximate surface area is 135 Å². The van der Waals surface area contributed by atoms with Gasteiger partial charge in [0.05, 0.1) is 0 Å². The number of rotatable bonds is 7. The number of piperidine rings is 1. The second-order valence-electron chi connectivity index (χ2n) is 4.73. The Bertz CT molecular complexity index is 258. The Morgan fingerprint density at radius 2 is 1.80 bits per heavy atom. The minimum absolute atomic E-state index is 0. The fraction of sp³-hybridized carbons (Fsp3) is 0.923. The Morgan fingerprint density at radius 1 is 1.25 bits per heavy atom. The molecule has 0 saturated carbocycles. The summed E-state index contributed by atoms with van der Waals surface area (Å²) in [5, 5.41) is 6.26. The van der Waals surface area contributed by atoms with Crippen LogP contribution >= 0.6 is 24.8 Å². The zero-order chi connectivity index (χ0) is 13.4. The van der Waals surface area contributed by atoms with E-state index in [0.29, 0.717) is 6.54 Å². The van der Waals surface area contributed by atoms with Gasteiger partial charge in [-0.15, -0.1) is 24.8 Å². The summed E-state index contributed by atoms with van der Waals surface area (Å²) in [4.78, 5) is 14.5. The fourth-order valence-electron chi connectivity index (χ4n) is 2.38. The molecule has 20 heavy (non-hydrogen) atoms. The molecule has 5 nitrogen and oxygen atoms in total. The summed E-state index contributed by atoms with van der Waals surface area (Å²) in [6, 6.07) is 0. The van der Waals surface area contributed by atoms with Crippen molar-refractivity contribution in [1.29, 1.82) is 0 Å². The molecule has 1 fully saturated rings. The molecular formula is C13H29Cl2N3O2. The first-order chi connectivity index (χ1) is 8.68. The van der Waals surface area contributed by atoms with E-state index in [-0.39, 0.29) is 30.7 Å². The van der Waals surface area contributed by atoms with E-state index in [2.05, 4.69) is 29.4 Å². The van der Waals surface area contributed by atoms with Crippen LogP contribution in [0.25, 0.3) is 0 Å². The van der Waals surface area contributed by atoms with E-state index in [0.717, 1.165) is 45.6 Å². The zero-order valence-corrected chi connectivity index (χ0v) is 14.4. The van der Waals surface area contributed by atoms with Crippen LogP contribution in [0.15, 0.2) is 0 Å². The molecule has 2 N–H and O–H groups in total. The van der Waals surface area contributed by atoms with Crippen molar-refractivity contribution < 1.29 is 9.53 Å². The third-order valence-corrected chi connectivity index (χ3v) is 3.82. The van der Waals surface area contributed by atoms with E-state index in [1.807, 2.05) is 0 Å². The first kappa shape index (κ1) is 22.2. The average molecular weight is 330 g/mol. The number of halogens is 2. The van der Waals surface area contributed by atoms with Crippen LogP contribution in [0, 0.1) is 0 Å². The van der Waals surface area contributed by atoms with E-state index in [9.17, 15) is 4.79 Å². The third-order valence-electron chi connectivity index (χ3n) is 3.82. The summed E-state index contributed by atoms with van der Waals surface area (Å²) in [6.45, 7) is 9.59. The molecular weight excluding hydrogens is 301 g/mol. The first-order valence-corrected chi connectivity index (χ1v) is 6.95. The lowest BCUT2D eigenvalue weighted by Crippen LogP contribution is -2.54. The summed E-state index contributed by atoms with van der Waals surface area (Å²) in [5.41, 5.74) is -0.617. The number of methoxy groups -OCH3 is 1. The van der Waals surface area contributed by atoms with Gasteiger partial charge in [-0.2, -0.15) is 0 Å². The predicted molar refractivity (Wildman–Crippen MR) is 87.1 cm³/mol. The minimum Gasteiger partial charge on any atom is -0.368 e. The van der Waals surface area contributed by atoms with Crippen molar-refractivity contribution in [3.05, 3.63) is 0 Å². The number of amides is 1. The molecule has 0 aromatic rings. The van der Waals surface area contributed by atoms with Crippen molar-refractivity contribution in [3.8, 4) is 0 Å².